The average molecular weight is 311 g/mol. The van der Waals surface area contributed by atoms with Crippen molar-refractivity contribution >= 4 is 11.6 Å². The molecule has 2 aromatic carbocycles. The van der Waals surface area contributed by atoms with Crippen LogP contribution >= 0.6 is 0 Å². The quantitative estimate of drug-likeness (QED) is 0.881. The number of halogens is 1. The molecule has 1 unspecified atom stereocenters. The van der Waals surface area contributed by atoms with Crippen LogP contribution < -0.4 is 10.4 Å². The van der Waals surface area contributed by atoms with Gasteiger partial charge in [-0.15, -0.1) is 0 Å². The van der Waals surface area contributed by atoms with Crippen LogP contribution in [0.1, 0.15) is 23.6 Å². The highest BCUT2D eigenvalue weighted by Crippen LogP contribution is 2.41. The van der Waals surface area contributed by atoms with E-state index in [-0.39, 0.29) is 12.2 Å². The molecule has 0 aromatic heterocycles. The van der Waals surface area contributed by atoms with Gasteiger partial charge in [-0.2, -0.15) is 0 Å². The molecule has 2 aliphatic heterocycles. The molecule has 4 rings (SSSR count). The molecule has 0 bridgehead atoms. The summed E-state index contributed by atoms with van der Waals surface area (Å²) < 4.78 is 13.2. The number of amides is 1. The number of anilines is 1. The van der Waals surface area contributed by atoms with Crippen LogP contribution in [0.15, 0.2) is 30.3 Å². The van der Waals surface area contributed by atoms with Gasteiger partial charge >= 0.3 is 0 Å². The number of carbonyl (C=O) groups excluding carboxylic acids is 1. The zero-order valence-corrected chi connectivity index (χ0v) is 12.7. The van der Waals surface area contributed by atoms with Gasteiger partial charge in [-0.3, -0.25) is 4.79 Å². The number of rotatable bonds is 1. The first-order valence-electron chi connectivity index (χ1n) is 7.71. The van der Waals surface area contributed by atoms with Gasteiger partial charge in [0, 0.05) is 18.3 Å². The molecule has 118 valence electrons. The largest absolute Gasteiger partial charge is 0.752 e. The van der Waals surface area contributed by atoms with Crippen molar-refractivity contribution in [2.45, 2.75) is 32.4 Å². The molecule has 0 fully saturated rings. The van der Waals surface area contributed by atoms with E-state index in [1.54, 1.807) is 18.2 Å². The van der Waals surface area contributed by atoms with Crippen LogP contribution in [0.25, 0.3) is 11.1 Å². The Morgan fingerprint density at radius 1 is 1.22 bits per heavy atom. The lowest BCUT2D eigenvalue weighted by molar-refractivity contribution is -0.116. The van der Waals surface area contributed by atoms with Crippen LogP contribution in [-0.2, 0) is 24.2 Å². The van der Waals surface area contributed by atoms with Gasteiger partial charge in [-0.25, -0.2) is 4.39 Å². The SMILES string of the molecule is CC1Cc2c(c(-c3ccc(F)cc3)cc3c2CC(=O)N3[O-])CN1. The lowest BCUT2D eigenvalue weighted by Gasteiger charge is -2.30. The van der Waals surface area contributed by atoms with Crippen LogP contribution in [0.3, 0.4) is 0 Å². The van der Waals surface area contributed by atoms with Crippen LogP contribution in [0.4, 0.5) is 10.1 Å². The van der Waals surface area contributed by atoms with Crippen LogP contribution in [0.5, 0.6) is 0 Å². The van der Waals surface area contributed by atoms with Gasteiger partial charge in [0.1, 0.15) is 5.82 Å². The number of carbonyl (C=O) groups is 1. The average Bonchev–Trinajstić information content (AvgIpc) is 2.83. The zero-order chi connectivity index (χ0) is 16.1. The lowest BCUT2D eigenvalue weighted by atomic mass is 9.85. The summed E-state index contributed by atoms with van der Waals surface area (Å²) in [5, 5.41) is 16.0. The number of benzene rings is 2. The van der Waals surface area contributed by atoms with E-state index < -0.39 is 5.91 Å². The highest BCUT2D eigenvalue weighted by atomic mass is 19.1. The standard InChI is InChI=1S/C18H16FN2O2/c1-10-6-14-15-8-18(22)21(23)17(15)7-13(16(14)9-20-10)11-2-4-12(19)5-3-11/h2-5,7,10,20H,6,8-9H2,1H3/q-1. The Bertz CT molecular complexity index is 802. The van der Waals surface area contributed by atoms with Gasteiger partial charge in [0.2, 0.25) is 5.91 Å². The third kappa shape index (κ3) is 2.24. The van der Waals surface area contributed by atoms with Crippen molar-refractivity contribution in [3.63, 3.8) is 0 Å². The van der Waals surface area contributed by atoms with Crippen LogP contribution in [0, 0.1) is 11.0 Å². The molecule has 1 amide bonds. The Labute approximate surface area is 133 Å². The fourth-order valence-corrected chi connectivity index (χ4v) is 3.54. The van der Waals surface area contributed by atoms with E-state index in [1.165, 1.54) is 12.1 Å². The van der Waals surface area contributed by atoms with Crippen molar-refractivity contribution in [3.8, 4) is 11.1 Å². The van der Waals surface area contributed by atoms with Gasteiger partial charge < -0.3 is 15.6 Å². The summed E-state index contributed by atoms with van der Waals surface area (Å²) in [6.45, 7) is 2.77. The number of hydrogen-bond acceptors (Lipinski definition) is 3. The minimum absolute atomic E-state index is 0.178. The first-order valence-corrected chi connectivity index (χ1v) is 7.71. The van der Waals surface area contributed by atoms with E-state index in [2.05, 4.69) is 12.2 Å². The molecule has 0 saturated carbocycles. The van der Waals surface area contributed by atoms with Gasteiger partial charge in [0.15, 0.2) is 0 Å². The maximum atomic E-state index is 13.2. The highest BCUT2D eigenvalue weighted by Gasteiger charge is 2.30. The number of nitrogens with zero attached hydrogens (tertiary/aromatic N) is 1. The summed E-state index contributed by atoms with van der Waals surface area (Å²) in [6.07, 6.45) is 0.964. The van der Waals surface area contributed by atoms with E-state index in [0.717, 1.165) is 34.2 Å². The molecule has 5 heteroatoms. The van der Waals surface area contributed by atoms with E-state index in [9.17, 15) is 14.4 Å². The molecular weight excluding hydrogens is 295 g/mol. The summed E-state index contributed by atoms with van der Waals surface area (Å²) in [4.78, 5) is 11.8. The van der Waals surface area contributed by atoms with E-state index in [0.29, 0.717) is 23.3 Å². The molecule has 4 nitrogen and oxygen atoms in total. The number of hydroxylamine groups is 1. The topological polar surface area (TPSA) is 55.4 Å². The normalized spacial score (nSPS) is 19.7. The fourth-order valence-electron chi connectivity index (χ4n) is 3.54. The predicted octanol–water partition coefficient (Wildman–Crippen LogP) is 2.91. The summed E-state index contributed by atoms with van der Waals surface area (Å²) in [5.41, 5.74) is 5.26. The Balaban J connectivity index is 1.95. The molecule has 2 aromatic rings. The second kappa shape index (κ2) is 5.15. The van der Waals surface area contributed by atoms with E-state index in [1.807, 2.05) is 0 Å². The third-order valence-electron chi connectivity index (χ3n) is 4.71. The molecule has 1 N–H and O–H groups in total. The van der Waals surface area contributed by atoms with Gasteiger partial charge in [-0.1, -0.05) is 12.1 Å². The van der Waals surface area contributed by atoms with Crippen LogP contribution in [0.2, 0.25) is 0 Å². The number of nitrogens with one attached hydrogen (secondary N) is 1. The Kier molecular flexibility index (Phi) is 3.21. The van der Waals surface area contributed by atoms with Gasteiger partial charge in [0.05, 0.1) is 6.42 Å². The van der Waals surface area contributed by atoms with E-state index in [4.69, 9.17) is 0 Å². The molecule has 1 atom stereocenters. The van der Waals surface area contributed by atoms with Crippen molar-refractivity contribution in [2.24, 2.45) is 0 Å². The van der Waals surface area contributed by atoms with Crippen molar-refractivity contribution in [3.05, 3.63) is 58.0 Å². The highest BCUT2D eigenvalue weighted by molar-refractivity contribution is 6.03. The molecule has 0 spiro atoms. The van der Waals surface area contributed by atoms with Gasteiger partial charge in [0.25, 0.3) is 0 Å². The molecule has 0 radical (unpaired) electrons. The van der Waals surface area contributed by atoms with Crippen molar-refractivity contribution in [1.82, 2.24) is 5.32 Å². The third-order valence-corrected chi connectivity index (χ3v) is 4.71. The first-order chi connectivity index (χ1) is 11.0. The van der Waals surface area contributed by atoms with Crippen LogP contribution in [-0.4, -0.2) is 11.9 Å². The molecule has 0 saturated heterocycles. The summed E-state index contributed by atoms with van der Waals surface area (Å²) in [7, 11) is 0. The van der Waals surface area contributed by atoms with Crippen molar-refractivity contribution < 1.29 is 9.18 Å². The minimum Gasteiger partial charge on any atom is -0.752 e. The summed E-state index contributed by atoms with van der Waals surface area (Å²) >= 11 is 0. The maximum absolute atomic E-state index is 13.2. The van der Waals surface area contributed by atoms with Crippen molar-refractivity contribution in [2.75, 3.05) is 5.06 Å². The number of hydrogen-bond donors (Lipinski definition) is 1. The summed E-state index contributed by atoms with van der Waals surface area (Å²) in [5.74, 6) is -0.708. The molecular formula is C18H16FN2O2-. The lowest BCUT2D eigenvalue weighted by Crippen LogP contribution is -2.33. The molecule has 2 heterocycles. The predicted molar refractivity (Wildman–Crippen MR) is 86.4 cm³/mol. The molecule has 2 aliphatic rings. The molecule has 0 aliphatic carbocycles. The van der Waals surface area contributed by atoms with Crippen molar-refractivity contribution in [1.29, 1.82) is 0 Å². The minimum atomic E-state index is -0.412. The number of fused-ring (bicyclic) bond motifs is 3. The van der Waals surface area contributed by atoms with Gasteiger partial charge in [-0.05, 0) is 59.4 Å². The second-order valence-corrected chi connectivity index (χ2v) is 6.24. The fraction of sp³-hybridized carbons (Fsp3) is 0.278. The molecule has 23 heavy (non-hydrogen) atoms. The zero-order valence-electron chi connectivity index (χ0n) is 12.7. The monoisotopic (exact) mass is 311 g/mol. The Morgan fingerprint density at radius 3 is 2.70 bits per heavy atom. The Hall–Kier alpha value is -2.24. The Morgan fingerprint density at radius 2 is 1.96 bits per heavy atom. The maximum Gasteiger partial charge on any atom is 0.220 e. The summed E-state index contributed by atoms with van der Waals surface area (Å²) in [6, 6.07) is 8.31. The smallest absolute Gasteiger partial charge is 0.220 e. The second-order valence-electron chi connectivity index (χ2n) is 6.24. The first kappa shape index (κ1) is 14.4. The van der Waals surface area contributed by atoms with E-state index >= 15 is 0 Å².